The van der Waals surface area contributed by atoms with Crippen molar-refractivity contribution in [1.82, 2.24) is 19.9 Å². The van der Waals surface area contributed by atoms with Crippen LogP contribution >= 0.6 is 35.6 Å². The minimum atomic E-state index is -0.744. The van der Waals surface area contributed by atoms with Gasteiger partial charge in [-0.3, -0.25) is 4.79 Å². The molecule has 1 N–H and O–H groups in total. The van der Waals surface area contributed by atoms with E-state index >= 15 is 0 Å². The summed E-state index contributed by atoms with van der Waals surface area (Å²) in [5, 5.41) is 19.5. The number of aromatic nitrogens is 4. The molecule has 0 saturated carbocycles. The summed E-state index contributed by atoms with van der Waals surface area (Å²) >= 11 is 12.2. The van der Waals surface area contributed by atoms with E-state index in [1.54, 1.807) is 18.2 Å². The largest absolute Gasteiger partial charge is 1.00 e. The van der Waals surface area contributed by atoms with Crippen LogP contribution in [-0.2, 0) is 16.8 Å². The van der Waals surface area contributed by atoms with E-state index in [9.17, 15) is 4.79 Å². The predicted octanol–water partition coefficient (Wildman–Crippen LogP) is 5.41. The number of nitrogens with zero attached hydrogens (tertiary/aromatic N) is 5. The number of rotatable bonds is 9. The van der Waals surface area contributed by atoms with Crippen LogP contribution in [0.2, 0.25) is 10.0 Å². The molecule has 280 valence electrons. The molecule has 0 atom stereocenters. The molecule has 2 aliphatic rings. The van der Waals surface area contributed by atoms with E-state index in [4.69, 9.17) is 48.0 Å². The van der Waals surface area contributed by atoms with E-state index in [0.717, 1.165) is 59.9 Å². The monoisotopic (exact) mass is 805 g/mol. The molecule has 0 bridgehead atoms. The van der Waals surface area contributed by atoms with E-state index in [0.29, 0.717) is 35.6 Å². The third-order valence-electron chi connectivity index (χ3n) is 9.45. The SMILES string of the molecule is Cl.O=C(O)CCN1CCC2(CC1)COc1cc(OCc3cc(Cl)ccc3Cl)ccc12.[Cl-].c1ccc(-c2nn(-c3ccccc3)[n+](-c3ccccc3)n2)cc1. The van der Waals surface area contributed by atoms with Gasteiger partial charge in [0.2, 0.25) is 0 Å². The number of carbonyl (C=O) groups is 1. The fourth-order valence-corrected chi connectivity index (χ4v) is 6.94. The van der Waals surface area contributed by atoms with Gasteiger partial charge in [0, 0.05) is 44.0 Å². The summed E-state index contributed by atoms with van der Waals surface area (Å²) in [6.45, 7) is 3.39. The van der Waals surface area contributed by atoms with Crippen LogP contribution in [-0.4, -0.2) is 57.2 Å². The molecule has 6 aromatic rings. The van der Waals surface area contributed by atoms with Crippen LogP contribution in [0.25, 0.3) is 22.8 Å². The van der Waals surface area contributed by atoms with Gasteiger partial charge in [0.1, 0.15) is 23.8 Å². The van der Waals surface area contributed by atoms with Crippen molar-refractivity contribution in [2.75, 3.05) is 26.2 Å². The van der Waals surface area contributed by atoms with E-state index in [2.05, 4.69) is 11.0 Å². The molecule has 1 spiro atoms. The lowest BCUT2D eigenvalue weighted by molar-refractivity contribution is -0.734. The smallest absolute Gasteiger partial charge is 0.340 e. The van der Waals surface area contributed by atoms with Gasteiger partial charge in [-0.15, -0.1) is 12.4 Å². The van der Waals surface area contributed by atoms with Gasteiger partial charge in [0.05, 0.1) is 23.7 Å². The number of fused-ring (bicyclic) bond motifs is 2. The normalized spacial score (nSPS) is 14.0. The molecule has 0 radical (unpaired) electrons. The maximum atomic E-state index is 10.8. The Labute approximate surface area is 336 Å². The van der Waals surface area contributed by atoms with Gasteiger partial charge in [-0.2, -0.15) is 0 Å². The summed E-state index contributed by atoms with van der Waals surface area (Å²) in [5.74, 6) is 1.55. The second kappa shape index (κ2) is 18.6. The number of hydrogen-bond acceptors (Lipinski definition) is 6. The zero-order valence-electron chi connectivity index (χ0n) is 29.2. The lowest BCUT2D eigenvalue weighted by atomic mass is 9.74. The van der Waals surface area contributed by atoms with Gasteiger partial charge in [-0.25, -0.2) is 0 Å². The molecule has 8 rings (SSSR count). The number of tetrazole rings is 1. The molecule has 1 aromatic heterocycles. The van der Waals surface area contributed by atoms with Crippen LogP contribution < -0.4 is 26.7 Å². The first-order valence-corrected chi connectivity index (χ1v) is 18.0. The zero-order valence-corrected chi connectivity index (χ0v) is 32.3. The van der Waals surface area contributed by atoms with E-state index in [-0.39, 0.29) is 36.6 Å². The van der Waals surface area contributed by atoms with E-state index in [1.807, 2.05) is 113 Å². The van der Waals surface area contributed by atoms with Crippen molar-refractivity contribution < 1.29 is 36.6 Å². The second-order valence-corrected chi connectivity index (χ2v) is 13.7. The van der Waals surface area contributed by atoms with Crippen molar-refractivity contribution in [2.45, 2.75) is 31.3 Å². The first kappa shape index (κ1) is 40.5. The molecule has 0 amide bonds. The molecule has 54 heavy (non-hydrogen) atoms. The van der Waals surface area contributed by atoms with Crippen molar-refractivity contribution in [1.29, 1.82) is 0 Å². The van der Waals surface area contributed by atoms with Crippen molar-refractivity contribution in [3.05, 3.63) is 149 Å². The van der Waals surface area contributed by atoms with Crippen molar-refractivity contribution >= 4 is 41.6 Å². The third kappa shape index (κ3) is 9.53. The number of benzene rings is 5. The lowest BCUT2D eigenvalue weighted by Crippen LogP contribution is -3.00. The van der Waals surface area contributed by atoms with Crippen molar-refractivity contribution in [3.63, 3.8) is 0 Å². The van der Waals surface area contributed by atoms with Crippen LogP contribution in [0.5, 0.6) is 11.5 Å². The van der Waals surface area contributed by atoms with Crippen molar-refractivity contribution in [2.24, 2.45) is 0 Å². The molecular formula is C41H39Cl4N5O4. The summed E-state index contributed by atoms with van der Waals surface area (Å²) in [6, 6.07) is 41.4. The highest BCUT2D eigenvalue weighted by Crippen LogP contribution is 2.46. The fourth-order valence-electron chi connectivity index (χ4n) is 6.57. The first-order valence-electron chi connectivity index (χ1n) is 17.2. The number of ether oxygens (including phenoxy) is 2. The quantitative estimate of drug-likeness (QED) is 0.196. The summed E-state index contributed by atoms with van der Waals surface area (Å²) in [5.41, 5.74) is 5.00. The Hall–Kier alpha value is -4.64. The number of piperidine rings is 1. The third-order valence-corrected chi connectivity index (χ3v) is 10.1. The van der Waals surface area contributed by atoms with Gasteiger partial charge in [0.15, 0.2) is 5.69 Å². The summed E-state index contributed by atoms with van der Waals surface area (Å²) in [6.07, 6.45) is 2.13. The molecule has 3 heterocycles. The molecule has 1 saturated heterocycles. The van der Waals surface area contributed by atoms with E-state index in [1.165, 1.54) is 5.56 Å². The standard InChI is InChI=1S/C22H23Cl2NO4.C19H15N4.2ClH/c23-16-1-4-19(24)15(11-16)13-28-17-2-3-18-20(12-17)29-14-22(18)6-9-25(10-7-22)8-5-21(26)27;1-4-10-16(11-5-1)19-20-22(17-12-6-2-7-13-17)23(21-19)18-14-8-3-9-15-18;;/h1-4,11-12H,5-10,13-14H2,(H,26,27);1-15H;2*1H/q;+1;;/p-1. The Kier molecular flexibility index (Phi) is 14.0. The highest BCUT2D eigenvalue weighted by Gasteiger charge is 2.43. The number of carboxylic acid groups (broad SMARTS) is 1. The lowest BCUT2D eigenvalue weighted by Gasteiger charge is -2.38. The Morgan fingerprint density at radius 3 is 2.22 bits per heavy atom. The van der Waals surface area contributed by atoms with Gasteiger partial charge >= 0.3 is 11.8 Å². The van der Waals surface area contributed by atoms with Crippen LogP contribution in [0.4, 0.5) is 0 Å². The minimum Gasteiger partial charge on any atom is -1.00 e. The van der Waals surface area contributed by atoms with Gasteiger partial charge < -0.3 is 31.9 Å². The van der Waals surface area contributed by atoms with E-state index < -0.39 is 5.97 Å². The first-order chi connectivity index (χ1) is 25.4. The Balaban J connectivity index is 0.000000205. The molecule has 9 nitrogen and oxygen atoms in total. The highest BCUT2D eigenvalue weighted by molar-refractivity contribution is 6.33. The molecular weight excluding hydrogens is 768 g/mol. The molecule has 0 aliphatic carbocycles. The maximum Gasteiger partial charge on any atom is 0.340 e. The zero-order chi connectivity index (χ0) is 35.9. The molecule has 1 fully saturated rings. The summed E-state index contributed by atoms with van der Waals surface area (Å²) in [7, 11) is 0. The molecule has 0 unspecified atom stereocenters. The number of hydrogen-bond donors (Lipinski definition) is 1. The topological polar surface area (TPSA) is 93.6 Å². The summed E-state index contributed by atoms with van der Waals surface area (Å²) in [4.78, 5) is 16.7. The van der Waals surface area contributed by atoms with Crippen LogP contribution in [0.15, 0.2) is 127 Å². The molecule has 2 aliphatic heterocycles. The number of aliphatic carboxylic acids is 1. The minimum absolute atomic E-state index is 0. The van der Waals surface area contributed by atoms with Crippen molar-refractivity contribution in [3.8, 4) is 34.3 Å². The Morgan fingerprint density at radius 1 is 0.870 bits per heavy atom. The number of carboxylic acids is 1. The van der Waals surface area contributed by atoms with Gasteiger partial charge in [0.25, 0.3) is 0 Å². The molecule has 5 aromatic carbocycles. The molecule has 13 heteroatoms. The number of para-hydroxylation sites is 2. The average molecular weight is 808 g/mol. The maximum absolute atomic E-state index is 10.8. The van der Waals surface area contributed by atoms with Crippen LogP contribution in [0.3, 0.4) is 0 Å². The summed E-state index contributed by atoms with van der Waals surface area (Å²) < 4.78 is 11.9. The average Bonchev–Trinajstić information content (AvgIpc) is 3.79. The Bertz CT molecular complexity index is 2070. The second-order valence-electron chi connectivity index (χ2n) is 12.9. The van der Waals surface area contributed by atoms with Crippen LogP contribution in [0.1, 0.15) is 30.4 Å². The van der Waals surface area contributed by atoms with Gasteiger partial charge in [-0.1, -0.05) is 83.9 Å². The fraction of sp³-hybridized carbons (Fsp3) is 0.220. The number of likely N-dealkylation sites (tertiary alicyclic amines) is 1. The highest BCUT2D eigenvalue weighted by atomic mass is 35.5. The Morgan fingerprint density at radius 2 is 1.54 bits per heavy atom. The van der Waals surface area contributed by atoms with Crippen LogP contribution in [0, 0.1) is 0 Å². The predicted molar refractivity (Wildman–Crippen MR) is 208 cm³/mol. The van der Waals surface area contributed by atoms with Gasteiger partial charge in [-0.05, 0) is 96.5 Å². The number of halogens is 4.